The largest absolute Gasteiger partial charge is 0.341 e. The van der Waals surface area contributed by atoms with Gasteiger partial charge in [0.25, 0.3) is 0 Å². The maximum absolute atomic E-state index is 4.90. The van der Waals surface area contributed by atoms with Crippen LogP contribution in [0.25, 0.3) is 28.3 Å². The van der Waals surface area contributed by atoms with Crippen LogP contribution in [0.2, 0.25) is 0 Å². The molecule has 2 aromatic heterocycles. The first kappa shape index (κ1) is 16.4. The van der Waals surface area contributed by atoms with Gasteiger partial charge in [-0.05, 0) is 45.9 Å². The van der Waals surface area contributed by atoms with Crippen molar-refractivity contribution in [2.24, 2.45) is 0 Å². The number of nitrogens with zero attached hydrogens (tertiary/aromatic N) is 2. The van der Waals surface area contributed by atoms with Crippen molar-refractivity contribution in [3.05, 3.63) is 83.3 Å². The zero-order valence-electron chi connectivity index (χ0n) is 15.7. The summed E-state index contributed by atoms with van der Waals surface area (Å²) in [6, 6.07) is 21.2. The standard InChI is InChI=1S/C23H23N3/c1-15-10-12-20(13-11-15)26-16(2)14-21(18(26)4)23-24-17(3)22(25-23)19-8-6-5-7-9-19/h5-14H,1-4H3,(H,24,25). The molecule has 2 aromatic carbocycles. The number of rotatable bonds is 3. The van der Waals surface area contributed by atoms with Crippen LogP contribution in [0.3, 0.4) is 0 Å². The summed E-state index contributed by atoms with van der Waals surface area (Å²) < 4.78 is 2.29. The Kier molecular flexibility index (Phi) is 4.00. The van der Waals surface area contributed by atoms with Gasteiger partial charge in [-0.15, -0.1) is 0 Å². The second kappa shape index (κ2) is 6.34. The van der Waals surface area contributed by atoms with Crippen molar-refractivity contribution < 1.29 is 0 Å². The minimum atomic E-state index is 0.924. The molecule has 26 heavy (non-hydrogen) atoms. The maximum Gasteiger partial charge on any atom is 0.140 e. The molecular weight excluding hydrogens is 318 g/mol. The second-order valence-electron chi connectivity index (χ2n) is 6.88. The van der Waals surface area contributed by atoms with Gasteiger partial charge in [0.1, 0.15) is 5.82 Å². The normalized spacial score (nSPS) is 11.1. The maximum atomic E-state index is 4.90. The molecule has 4 aromatic rings. The topological polar surface area (TPSA) is 33.6 Å². The molecular formula is C23H23N3. The molecule has 4 rings (SSSR count). The summed E-state index contributed by atoms with van der Waals surface area (Å²) >= 11 is 0. The van der Waals surface area contributed by atoms with Crippen LogP contribution in [0.5, 0.6) is 0 Å². The van der Waals surface area contributed by atoms with E-state index in [1.54, 1.807) is 0 Å². The summed E-state index contributed by atoms with van der Waals surface area (Å²) in [7, 11) is 0. The molecule has 0 aliphatic carbocycles. The highest BCUT2D eigenvalue weighted by Gasteiger charge is 2.17. The summed E-state index contributed by atoms with van der Waals surface area (Å²) in [5.41, 5.74) is 9.24. The molecule has 0 radical (unpaired) electrons. The molecule has 1 N–H and O–H groups in total. The van der Waals surface area contributed by atoms with Crippen LogP contribution < -0.4 is 0 Å². The van der Waals surface area contributed by atoms with Gasteiger partial charge in [-0.2, -0.15) is 0 Å². The first-order chi connectivity index (χ1) is 12.5. The van der Waals surface area contributed by atoms with Crippen molar-refractivity contribution in [3.63, 3.8) is 0 Å². The molecule has 130 valence electrons. The van der Waals surface area contributed by atoms with Crippen molar-refractivity contribution in [2.75, 3.05) is 0 Å². The molecule has 2 heterocycles. The highest BCUT2D eigenvalue weighted by Crippen LogP contribution is 2.31. The Balaban J connectivity index is 1.80. The molecule has 3 heteroatoms. The lowest BCUT2D eigenvalue weighted by Crippen LogP contribution is -1.99. The third-order valence-electron chi connectivity index (χ3n) is 4.91. The van der Waals surface area contributed by atoms with E-state index in [9.17, 15) is 0 Å². The molecule has 0 aliphatic rings. The average molecular weight is 341 g/mol. The highest BCUT2D eigenvalue weighted by atomic mass is 15.0. The summed E-state index contributed by atoms with van der Waals surface area (Å²) in [4.78, 5) is 8.38. The van der Waals surface area contributed by atoms with Gasteiger partial charge in [0.15, 0.2) is 0 Å². The lowest BCUT2D eigenvalue weighted by molar-refractivity contribution is 0.964. The van der Waals surface area contributed by atoms with Gasteiger partial charge in [0.05, 0.1) is 5.69 Å². The monoisotopic (exact) mass is 341 g/mol. The van der Waals surface area contributed by atoms with Gasteiger partial charge in [-0.1, -0.05) is 48.0 Å². The van der Waals surface area contributed by atoms with Crippen LogP contribution in [0, 0.1) is 27.7 Å². The quantitative estimate of drug-likeness (QED) is 0.504. The highest BCUT2D eigenvalue weighted by molar-refractivity contribution is 5.69. The fraction of sp³-hybridized carbons (Fsp3) is 0.174. The number of H-pyrrole nitrogens is 1. The number of nitrogens with one attached hydrogen (secondary N) is 1. The first-order valence-electron chi connectivity index (χ1n) is 8.93. The van der Waals surface area contributed by atoms with Crippen molar-refractivity contribution in [3.8, 4) is 28.3 Å². The van der Waals surface area contributed by atoms with E-state index in [1.807, 2.05) is 18.2 Å². The molecule has 0 fully saturated rings. The fourth-order valence-electron chi connectivity index (χ4n) is 3.56. The average Bonchev–Trinajstić information content (AvgIpc) is 3.16. The smallest absolute Gasteiger partial charge is 0.140 e. The molecule has 3 nitrogen and oxygen atoms in total. The zero-order valence-corrected chi connectivity index (χ0v) is 15.7. The SMILES string of the molecule is Cc1ccc(-n2c(C)cc(-c3nc(-c4ccccc4)c(C)[nH]3)c2C)cc1. The number of benzene rings is 2. The Morgan fingerprint density at radius 2 is 1.54 bits per heavy atom. The lowest BCUT2D eigenvalue weighted by atomic mass is 10.1. The summed E-state index contributed by atoms with van der Waals surface area (Å²) in [5, 5.41) is 0. The molecule has 0 aliphatic heterocycles. The Morgan fingerprint density at radius 1 is 0.846 bits per heavy atom. The number of aromatic amines is 1. The Morgan fingerprint density at radius 3 is 2.23 bits per heavy atom. The van der Waals surface area contributed by atoms with Crippen LogP contribution in [-0.4, -0.2) is 14.5 Å². The number of aromatic nitrogens is 3. The zero-order chi connectivity index (χ0) is 18.3. The number of imidazole rings is 1. The van der Waals surface area contributed by atoms with Crippen molar-refractivity contribution in [2.45, 2.75) is 27.7 Å². The van der Waals surface area contributed by atoms with Gasteiger partial charge in [0.2, 0.25) is 0 Å². The van der Waals surface area contributed by atoms with E-state index in [1.165, 1.54) is 22.6 Å². The molecule has 0 saturated carbocycles. The summed E-state index contributed by atoms with van der Waals surface area (Å²) in [5.74, 6) is 0.924. The third-order valence-corrected chi connectivity index (χ3v) is 4.91. The van der Waals surface area contributed by atoms with Crippen LogP contribution >= 0.6 is 0 Å². The van der Waals surface area contributed by atoms with E-state index in [2.05, 4.69) is 79.7 Å². The fourth-order valence-corrected chi connectivity index (χ4v) is 3.56. The van der Waals surface area contributed by atoms with Crippen molar-refractivity contribution in [1.29, 1.82) is 0 Å². The Labute approximate surface area is 154 Å². The van der Waals surface area contributed by atoms with Gasteiger partial charge in [0, 0.05) is 33.9 Å². The predicted molar refractivity (Wildman–Crippen MR) is 108 cm³/mol. The molecule has 0 atom stereocenters. The first-order valence-corrected chi connectivity index (χ1v) is 8.93. The number of hydrogen-bond acceptors (Lipinski definition) is 1. The Bertz CT molecular complexity index is 1050. The summed E-state index contributed by atoms with van der Waals surface area (Å²) in [6.45, 7) is 8.49. The van der Waals surface area contributed by atoms with E-state index in [-0.39, 0.29) is 0 Å². The van der Waals surface area contributed by atoms with E-state index in [0.29, 0.717) is 0 Å². The number of aryl methyl sites for hydroxylation is 3. The van der Waals surface area contributed by atoms with Gasteiger partial charge >= 0.3 is 0 Å². The van der Waals surface area contributed by atoms with E-state index >= 15 is 0 Å². The van der Waals surface area contributed by atoms with Gasteiger partial charge in [-0.25, -0.2) is 4.98 Å². The van der Waals surface area contributed by atoms with E-state index < -0.39 is 0 Å². The minimum Gasteiger partial charge on any atom is -0.341 e. The van der Waals surface area contributed by atoms with Crippen LogP contribution in [0.1, 0.15) is 22.6 Å². The predicted octanol–water partition coefficient (Wildman–Crippen LogP) is 5.77. The molecule has 0 unspecified atom stereocenters. The number of hydrogen-bond donors (Lipinski definition) is 1. The Hall–Kier alpha value is -3.07. The van der Waals surface area contributed by atoms with Crippen LogP contribution in [0.15, 0.2) is 60.7 Å². The van der Waals surface area contributed by atoms with Gasteiger partial charge in [-0.3, -0.25) is 0 Å². The second-order valence-corrected chi connectivity index (χ2v) is 6.88. The molecule has 0 bridgehead atoms. The minimum absolute atomic E-state index is 0.924. The lowest BCUT2D eigenvalue weighted by Gasteiger charge is -2.10. The molecule has 0 amide bonds. The van der Waals surface area contributed by atoms with E-state index in [4.69, 9.17) is 4.98 Å². The molecule has 0 saturated heterocycles. The van der Waals surface area contributed by atoms with Gasteiger partial charge < -0.3 is 9.55 Å². The van der Waals surface area contributed by atoms with Crippen LogP contribution in [0.4, 0.5) is 0 Å². The van der Waals surface area contributed by atoms with Crippen molar-refractivity contribution in [1.82, 2.24) is 14.5 Å². The summed E-state index contributed by atoms with van der Waals surface area (Å²) in [6.07, 6.45) is 0. The third kappa shape index (κ3) is 2.76. The van der Waals surface area contributed by atoms with Crippen LogP contribution in [-0.2, 0) is 0 Å². The molecule has 0 spiro atoms. The van der Waals surface area contributed by atoms with E-state index in [0.717, 1.165) is 28.3 Å². The van der Waals surface area contributed by atoms with Crippen molar-refractivity contribution >= 4 is 0 Å².